The van der Waals surface area contributed by atoms with E-state index in [-0.39, 0.29) is 11.8 Å². The fourth-order valence-corrected chi connectivity index (χ4v) is 4.20. The third-order valence-electron chi connectivity index (χ3n) is 3.42. The van der Waals surface area contributed by atoms with Crippen LogP contribution in [0.5, 0.6) is 0 Å². The average Bonchev–Trinajstić information content (AvgIpc) is 2.56. The molecule has 0 aliphatic rings. The summed E-state index contributed by atoms with van der Waals surface area (Å²) < 4.78 is 21.1. The Morgan fingerprint density at radius 2 is 1.59 bits per heavy atom. The molecule has 0 saturated heterocycles. The monoisotopic (exact) mass is 338 g/mol. The van der Waals surface area contributed by atoms with Crippen LogP contribution < -0.4 is 0 Å². The first-order valence-corrected chi connectivity index (χ1v) is 9.78. The van der Waals surface area contributed by atoms with Gasteiger partial charge in [0.05, 0.1) is 0 Å². The summed E-state index contributed by atoms with van der Waals surface area (Å²) in [6, 6.07) is 9.86. The smallest absolute Gasteiger partial charge is 0.137 e. The maximum Gasteiger partial charge on any atom is 0.137 e. The summed E-state index contributed by atoms with van der Waals surface area (Å²) in [4.78, 5) is 0. The molecule has 0 spiro atoms. The zero-order valence-corrected chi connectivity index (χ0v) is 16.1. The molecule has 0 amide bonds. The lowest BCUT2D eigenvalue weighted by Gasteiger charge is -2.18. The Bertz CT molecular complexity index is 409. The molecule has 1 rings (SSSR count). The van der Waals surface area contributed by atoms with Gasteiger partial charge in [-0.15, -0.1) is 0 Å². The van der Waals surface area contributed by atoms with E-state index in [2.05, 4.69) is 31.2 Å². The van der Waals surface area contributed by atoms with Crippen molar-refractivity contribution in [3.05, 3.63) is 35.4 Å². The lowest BCUT2D eigenvalue weighted by Crippen LogP contribution is -2.25. The predicted molar refractivity (Wildman–Crippen MR) is 90.5 cm³/mol. The Morgan fingerprint density at radius 3 is 2.18 bits per heavy atom. The molecule has 0 saturated carbocycles. The lowest BCUT2D eigenvalue weighted by atomic mass is 10.1. The third kappa shape index (κ3) is 6.72. The van der Waals surface area contributed by atoms with Gasteiger partial charge in [-0.05, 0) is 23.1 Å². The second-order valence-electron chi connectivity index (χ2n) is 4.94. The first-order chi connectivity index (χ1) is 10.6. The topological polar surface area (TPSA) is 36.9 Å². The van der Waals surface area contributed by atoms with Crippen molar-refractivity contribution in [3.8, 4) is 0 Å². The number of methoxy groups -OCH3 is 4. The molecule has 22 heavy (non-hydrogen) atoms. The summed E-state index contributed by atoms with van der Waals surface area (Å²) >= 11 is 0. The van der Waals surface area contributed by atoms with Crippen molar-refractivity contribution in [2.45, 2.75) is 36.8 Å². The van der Waals surface area contributed by atoms with Gasteiger partial charge in [-0.2, -0.15) is 0 Å². The van der Waals surface area contributed by atoms with Crippen LogP contribution in [-0.4, -0.2) is 59.3 Å². The van der Waals surface area contributed by atoms with Crippen molar-refractivity contribution in [2.75, 3.05) is 28.4 Å². The highest BCUT2D eigenvalue weighted by Gasteiger charge is 2.15. The zero-order valence-electron chi connectivity index (χ0n) is 14.1. The number of hydrogen-bond donors (Lipinski definition) is 0. The van der Waals surface area contributed by atoms with Crippen LogP contribution in [0.1, 0.15) is 23.6 Å². The van der Waals surface area contributed by atoms with Gasteiger partial charge >= 0.3 is 0 Å². The summed E-state index contributed by atoms with van der Waals surface area (Å²) in [7, 11) is 7.99. The summed E-state index contributed by atoms with van der Waals surface area (Å²) in [5, 5.41) is 0. The molecule has 0 aliphatic heterocycles. The number of rotatable bonds is 11. The summed E-state index contributed by atoms with van der Waals surface area (Å²) in [6.07, 6.45) is 1.04. The summed E-state index contributed by atoms with van der Waals surface area (Å²) in [5.41, 5.74) is 3.13. The molecule has 6 heteroatoms. The first kappa shape index (κ1) is 19.5. The lowest BCUT2D eigenvalue weighted by molar-refractivity contribution is -0.0447. The molecule has 1 atom stereocenters. The van der Waals surface area contributed by atoms with Crippen LogP contribution in [0.25, 0.3) is 0 Å². The van der Waals surface area contributed by atoms with Gasteiger partial charge < -0.3 is 18.9 Å². The zero-order chi connectivity index (χ0) is 16.4. The molecular formula is C16H26O4Si2. The number of hydrogen-bond acceptors (Lipinski definition) is 4. The molecule has 1 aromatic rings. The van der Waals surface area contributed by atoms with Gasteiger partial charge in [0.25, 0.3) is 0 Å². The molecule has 4 radical (unpaired) electrons. The van der Waals surface area contributed by atoms with Crippen molar-refractivity contribution < 1.29 is 18.9 Å². The first-order valence-electron chi connectivity index (χ1n) is 7.34. The van der Waals surface area contributed by atoms with Crippen molar-refractivity contribution in [1.29, 1.82) is 0 Å². The second-order valence-corrected chi connectivity index (χ2v) is 7.99. The molecule has 4 nitrogen and oxygen atoms in total. The quantitative estimate of drug-likeness (QED) is 0.458. The highest BCUT2D eigenvalue weighted by molar-refractivity contribution is 6.38. The van der Waals surface area contributed by atoms with Gasteiger partial charge in [0.2, 0.25) is 0 Å². The Labute approximate surface area is 139 Å². The molecule has 0 fully saturated rings. The number of ether oxygens (including phenoxy) is 4. The van der Waals surface area contributed by atoms with E-state index in [1.165, 1.54) is 11.1 Å². The van der Waals surface area contributed by atoms with Crippen LogP contribution >= 0.6 is 0 Å². The highest BCUT2D eigenvalue weighted by Crippen LogP contribution is 2.18. The minimum Gasteiger partial charge on any atom is -0.360 e. The fourth-order valence-electron chi connectivity index (χ4n) is 2.15. The van der Waals surface area contributed by atoms with Gasteiger partial charge in [0.15, 0.2) is 0 Å². The van der Waals surface area contributed by atoms with Crippen molar-refractivity contribution in [3.63, 3.8) is 0 Å². The van der Waals surface area contributed by atoms with Crippen molar-refractivity contribution in [1.82, 2.24) is 0 Å². The minimum atomic E-state index is -0.121. The van der Waals surface area contributed by atoms with Gasteiger partial charge in [-0.3, -0.25) is 0 Å². The molecule has 0 aromatic heterocycles. The molecule has 0 bridgehead atoms. The average molecular weight is 339 g/mol. The van der Waals surface area contributed by atoms with Crippen LogP contribution in [0.2, 0.25) is 6.04 Å². The maximum atomic E-state index is 5.30. The van der Waals surface area contributed by atoms with Crippen molar-refractivity contribution >= 4 is 19.0 Å². The van der Waals surface area contributed by atoms with E-state index >= 15 is 0 Å². The SMILES string of the molecule is COC(OC)[Si]CCc1cccc(C(C)[Si]C(OC)OC)c1. The third-order valence-corrected chi connectivity index (χ3v) is 6.34. The van der Waals surface area contributed by atoms with E-state index < -0.39 is 0 Å². The van der Waals surface area contributed by atoms with Crippen LogP contribution in [0.15, 0.2) is 24.3 Å². The molecule has 0 heterocycles. The van der Waals surface area contributed by atoms with Gasteiger partial charge in [0.1, 0.15) is 30.9 Å². The number of benzene rings is 1. The predicted octanol–water partition coefficient (Wildman–Crippen LogP) is 2.27. The minimum absolute atomic E-state index is 0.0762. The van der Waals surface area contributed by atoms with E-state index in [1.807, 2.05) is 0 Å². The normalized spacial score (nSPS) is 13.0. The molecule has 1 unspecified atom stereocenters. The summed E-state index contributed by atoms with van der Waals surface area (Å²) in [5.74, 6) is -0.197. The van der Waals surface area contributed by atoms with Gasteiger partial charge in [-0.25, -0.2) is 0 Å². The van der Waals surface area contributed by atoms with Crippen LogP contribution in [0.3, 0.4) is 0 Å². The van der Waals surface area contributed by atoms with Crippen LogP contribution in [0.4, 0.5) is 0 Å². The van der Waals surface area contributed by atoms with Crippen LogP contribution in [-0.2, 0) is 25.4 Å². The number of aryl methyl sites for hydroxylation is 1. The Balaban J connectivity index is 2.54. The van der Waals surface area contributed by atoms with E-state index in [4.69, 9.17) is 18.9 Å². The molecule has 0 aliphatic carbocycles. The van der Waals surface area contributed by atoms with Gasteiger partial charge in [-0.1, -0.05) is 37.2 Å². The van der Waals surface area contributed by atoms with Crippen LogP contribution in [0, 0.1) is 0 Å². The standard InChI is InChI=1S/C16H26O4Si2/c1-12(22-16(19-4)20-5)14-8-6-7-13(11-14)9-10-21-15(17-2)18-3/h6-8,11-12,15-16H,9-10H2,1-5H3. The maximum absolute atomic E-state index is 5.30. The van der Waals surface area contributed by atoms with E-state index in [0.717, 1.165) is 12.5 Å². The van der Waals surface area contributed by atoms with E-state index in [9.17, 15) is 0 Å². The fraction of sp³-hybridized carbons (Fsp3) is 0.625. The van der Waals surface area contributed by atoms with Gasteiger partial charge in [0, 0.05) is 28.4 Å². The Morgan fingerprint density at radius 1 is 0.955 bits per heavy atom. The van der Waals surface area contributed by atoms with E-state index in [1.54, 1.807) is 28.4 Å². The highest BCUT2D eigenvalue weighted by atomic mass is 28.2. The summed E-state index contributed by atoms with van der Waals surface area (Å²) in [6.45, 7) is 2.22. The molecule has 1 aromatic carbocycles. The second kappa shape index (κ2) is 11.1. The Hall–Kier alpha value is -0.506. The largest absolute Gasteiger partial charge is 0.360 e. The Kier molecular flexibility index (Phi) is 9.85. The van der Waals surface area contributed by atoms with Crippen molar-refractivity contribution in [2.24, 2.45) is 0 Å². The molecule has 0 N–H and O–H groups in total. The van der Waals surface area contributed by atoms with E-state index in [0.29, 0.717) is 24.6 Å². The molecule has 122 valence electrons. The molecular weight excluding hydrogens is 312 g/mol.